The van der Waals surface area contributed by atoms with Gasteiger partial charge in [0.1, 0.15) is 11.9 Å². The van der Waals surface area contributed by atoms with Crippen LogP contribution in [0.1, 0.15) is 11.5 Å². The number of ether oxygens (including phenoxy) is 1. The average molecular weight is 409 g/mol. The number of nitriles is 1. The number of hydrogen-bond donors (Lipinski definition) is 1. The highest BCUT2D eigenvalue weighted by molar-refractivity contribution is 5.82. The van der Waals surface area contributed by atoms with Crippen LogP contribution in [0.2, 0.25) is 0 Å². The van der Waals surface area contributed by atoms with E-state index in [2.05, 4.69) is 6.07 Å². The fraction of sp³-hybridized carbons (Fsp3) is 0.391. The normalized spacial score (nSPS) is 24.2. The number of carbonyl (C=O) groups excluding carboxylic acids is 1. The molecule has 156 valence electrons. The summed E-state index contributed by atoms with van der Waals surface area (Å²) in [7, 11) is 0. The van der Waals surface area contributed by atoms with Crippen LogP contribution in [-0.2, 0) is 9.53 Å². The molecule has 7 heteroatoms. The van der Waals surface area contributed by atoms with Gasteiger partial charge in [-0.1, -0.05) is 36.4 Å². The van der Waals surface area contributed by atoms with Gasteiger partial charge < -0.3 is 14.7 Å². The topological polar surface area (TPSA) is 76.8 Å². The number of amides is 1. The Morgan fingerprint density at radius 2 is 1.97 bits per heavy atom. The largest absolute Gasteiger partial charge is 0.394 e. The lowest BCUT2D eigenvalue weighted by Crippen LogP contribution is -2.66. The Morgan fingerprint density at radius 1 is 1.20 bits per heavy atom. The molecule has 2 aliphatic heterocycles. The fourth-order valence-corrected chi connectivity index (χ4v) is 4.46. The lowest BCUT2D eigenvalue weighted by atomic mass is 9.73. The van der Waals surface area contributed by atoms with Gasteiger partial charge in [0, 0.05) is 19.0 Å². The van der Waals surface area contributed by atoms with Crippen LogP contribution in [0.15, 0.2) is 48.5 Å². The first-order valence-electron chi connectivity index (χ1n) is 10.1. The summed E-state index contributed by atoms with van der Waals surface area (Å²) in [5.74, 6) is -0.844. The molecule has 3 atom stereocenters. The van der Waals surface area contributed by atoms with Crippen molar-refractivity contribution >= 4 is 5.91 Å². The third kappa shape index (κ3) is 3.82. The quantitative estimate of drug-likeness (QED) is 0.818. The summed E-state index contributed by atoms with van der Waals surface area (Å²) >= 11 is 0. The number of carbonyl (C=O) groups is 1. The van der Waals surface area contributed by atoms with Crippen LogP contribution in [0.5, 0.6) is 0 Å². The second kappa shape index (κ2) is 8.92. The highest BCUT2D eigenvalue weighted by Gasteiger charge is 2.52. The minimum absolute atomic E-state index is 0.165. The van der Waals surface area contributed by atoms with Crippen molar-refractivity contribution in [3.8, 4) is 17.2 Å². The molecular weight excluding hydrogens is 385 g/mol. The molecule has 1 N–H and O–H groups in total. The SMILES string of the molecule is N#C[C@H]1[C@H](c2ccccc2-c2cccc(F)c2)[C@H](CO)N1C(=O)CN1CCOCC1. The van der Waals surface area contributed by atoms with Crippen molar-refractivity contribution in [3.05, 3.63) is 59.9 Å². The smallest absolute Gasteiger partial charge is 0.238 e. The van der Waals surface area contributed by atoms with Crippen LogP contribution in [0.3, 0.4) is 0 Å². The zero-order valence-corrected chi connectivity index (χ0v) is 16.6. The Hall–Kier alpha value is -2.79. The van der Waals surface area contributed by atoms with Crippen LogP contribution in [0.4, 0.5) is 4.39 Å². The number of aliphatic hydroxyl groups is 1. The molecule has 2 aliphatic rings. The Balaban J connectivity index is 1.61. The average Bonchev–Trinajstić information content (AvgIpc) is 2.75. The van der Waals surface area contributed by atoms with Gasteiger partial charge in [0.2, 0.25) is 5.91 Å². The molecule has 30 heavy (non-hydrogen) atoms. The van der Waals surface area contributed by atoms with Gasteiger partial charge in [0.05, 0.1) is 38.5 Å². The zero-order chi connectivity index (χ0) is 21.1. The standard InChI is InChI=1S/C23H24FN3O3/c24-17-5-3-4-16(12-17)18-6-1-2-7-19(18)23-20(13-25)27(21(23)15-28)22(29)14-26-8-10-30-11-9-26/h1-7,12,20-21,23,28H,8-11,14-15H2/t20-,21-,23-/m0/s1. The van der Waals surface area contributed by atoms with Gasteiger partial charge in [-0.25, -0.2) is 4.39 Å². The van der Waals surface area contributed by atoms with E-state index in [0.29, 0.717) is 31.9 Å². The summed E-state index contributed by atoms with van der Waals surface area (Å²) in [5.41, 5.74) is 2.35. The number of nitrogens with zero attached hydrogens (tertiary/aromatic N) is 3. The Morgan fingerprint density at radius 3 is 2.67 bits per heavy atom. The van der Waals surface area contributed by atoms with Crippen LogP contribution in [-0.4, -0.2) is 72.4 Å². The molecule has 0 unspecified atom stereocenters. The van der Waals surface area contributed by atoms with E-state index in [4.69, 9.17) is 4.74 Å². The molecule has 2 saturated heterocycles. The van der Waals surface area contributed by atoms with Crippen LogP contribution >= 0.6 is 0 Å². The van der Waals surface area contributed by atoms with Crippen molar-refractivity contribution < 1.29 is 19.0 Å². The molecule has 2 heterocycles. The summed E-state index contributed by atoms with van der Waals surface area (Å²) in [6.45, 7) is 2.48. The summed E-state index contributed by atoms with van der Waals surface area (Å²) < 4.78 is 19.1. The lowest BCUT2D eigenvalue weighted by Gasteiger charge is -2.52. The van der Waals surface area contributed by atoms with Gasteiger partial charge in [-0.05, 0) is 28.8 Å². The number of rotatable bonds is 5. The first-order chi connectivity index (χ1) is 14.6. The first-order valence-corrected chi connectivity index (χ1v) is 10.1. The van der Waals surface area contributed by atoms with Crippen molar-refractivity contribution in [1.82, 2.24) is 9.80 Å². The molecule has 0 radical (unpaired) electrons. The zero-order valence-electron chi connectivity index (χ0n) is 16.6. The van der Waals surface area contributed by atoms with E-state index in [0.717, 1.165) is 11.1 Å². The number of morpholine rings is 1. The van der Waals surface area contributed by atoms with Gasteiger partial charge in [-0.3, -0.25) is 9.69 Å². The second-order valence-electron chi connectivity index (χ2n) is 7.64. The summed E-state index contributed by atoms with van der Waals surface area (Å²) in [6.07, 6.45) is 0. The van der Waals surface area contributed by atoms with Gasteiger partial charge in [-0.2, -0.15) is 5.26 Å². The van der Waals surface area contributed by atoms with Crippen molar-refractivity contribution in [2.24, 2.45) is 0 Å². The highest BCUT2D eigenvalue weighted by Crippen LogP contribution is 2.44. The second-order valence-corrected chi connectivity index (χ2v) is 7.64. The summed E-state index contributed by atoms with van der Waals surface area (Å²) in [4.78, 5) is 16.4. The monoisotopic (exact) mass is 409 g/mol. The lowest BCUT2D eigenvalue weighted by molar-refractivity contribution is -0.149. The molecule has 0 spiro atoms. The van der Waals surface area contributed by atoms with E-state index in [1.165, 1.54) is 17.0 Å². The Kier molecular flexibility index (Phi) is 6.09. The summed E-state index contributed by atoms with van der Waals surface area (Å²) in [6, 6.07) is 14.9. The number of benzene rings is 2. The van der Waals surface area contributed by atoms with E-state index in [1.807, 2.05) is 35.2 Å². The molecule has 2 aromatic carbocycles. The highest BCUT2D eigenvalue weighted by atomic mass is 19.1. The molecule has 4 rings (SSSR count). The number of likely N-dealkylation sites (tertiary alicyclic amines) is 1. The Bertz CT molecular complexity index is 955. The van der Waals surface area contributed by atoms with Crippen molar-refractivity contribution in [1.29, 1.82) is 5.26 Å². The molecule has 0 aliphatic carbocycles. The van der Waals surface area contributed by atoms with Gasteiger partial charge >= 0.3 is 0 Å². The maximum atomic E-state index is 13.8. The van der Waals surface area contributed by atoms with Crippen molar-refractivity contribution in [3.63, 3.8) is 0 Å². The maximum Gasteiger partial charge on any atom is 0.238 e. The fourth-order valence-electron chi connectivity index (χ4n) is 4.46. The predicted molar refractivity (Wildman–Crippen MR) is 109 cm³/mol. The predicted octanol–water partition coefficient (Wildman–Crippen LogP) is 2.00. The van der Waals surface area contributed by atoms with E-state index in [1.54, 1.807) is 6.07 Å². The molecule has 0 aromatic heterocycles. The minimum atomic E-state index is -0.676. The van der Waals surface area contributed by atoms with Crippen LogP contribution in [0.25, 0.3) is 11.1 Å². The van der Waals surface area contributed by atoms with E-state index < -0.39 is 12.1 Å². The van der Waals surface area contributed by atoms with Crippen LogP contribution in [0, 0.1) is 17.1 Å². The molecule has 0 bridgehead atoms. The van der Waals surface area contributed by atoms with Crippen molar-refractivity contribution in [2.75, 3.05) is 39.5 Å². The number of aliphatic hydroxyl groups excluding tert-OH is 1. The number of halogens is 1. The van der Waals surface area contributed by atoms with Gasteiger partial charge in [0.25, 0.3) is 0 Å². The number of hydrogen-bond acceptors (Lipinski definition) is 5. The molecule has 1 amide bonds. The third-order valence-corrected chi connectivity index (χ3v) is 5.94. The third-order valence-electron chi connectivity index (χ3n) is 5.94. The minimum Gasteiger partial charge on any atom is -0.394 e. The van der Waals surface area contributed by atoms with E-state index >= 15 is 0 Å². The Labute approximate surface area is 175 Å². The first kappa shape index (κ1) is 20.5. The van der Waals surface area contributed by atoms with Gasteiger partial charge in [0.15, 0.2) is 0 Å². The van der Waals surface area contributed by atoms with Gasteiger partial charge in [-0.15, -0.1) is 0 Å². The molecule has 0 saturated carbocycles. The van der Waals surface area contributed by atoms with Crippen LogP contribution < -0.4 is 0 Å². The molecule has 2 aromatic rings. The molecular formula is C23H24FN3O3. The molecule has 2 fully saturated rings. The van der Waals surface area contributed by atoms with E-state index in [-0.39, 0.29) is 30.8 Å². The summed E-state index contributed by atoms with van der Waals surface area (Å²) in [5, 5.41) is 19.9. The molecule has 6 nitrogen and oxygen atoms in total. The maximum absolute atomic E-state index is 13.8. The van der Waals surface area contributed by atoms with E-state index in [9.17, 15) is 19.6 Å². The van der Waals surface area contributed by atoms with Crippen molar-refractivity contribution in [2.45, 2.75) is 18.0 Å².